The molecule has 2 heterocycles. The molecule has 1 saturated heterocycles. The van der Waals surface area contributed by atoms with Crippen molar-refractivity contribution in [2.24, 2.45) is 0 Å². The van der Waals surface area contributed by atoms with Gasteiger partial charge in [0.05, 0.1) is 5.56 Å². The number of alkyl halides is 3. The molecule has 0 bridgehead atoms. The van der Waals surface area contributed by atoms with E-state index in [1.807, 2.05) is 0 Å². The van der Waals surface area contributed by atoms with E-state index in [1.165, 1.54) is 23.1 Å². The first-order chi connectivity index (χ1) is 12.3. The Hall–Kier alpha value is -2.71. The highest BCUT2D eigenvalue weighted by Crippen LogP contribution is 2.32. The van der Waals surface area contributed by atoms with E-state index in [-0.39, 0.29) is 11.6 Å². The molecule has 2 aromatic rings. The van der Waals surface area contributed by atoms with Gasteiger partial charge in [0.2, 0.25) is 5.95 Å². The van der Waals surface area contributed by atoms with Crippen molar-refractivity contribution < 1.29 is 22.4 Å². The molecule has 1 aromatic heterocycles. The third kappa shape index (κ3) is 4.09. The second kappa shape index (κ2) is 7.27. The number of benzene rings is 1. The van der Waals surface area contributed by atoms with E-state index in [0.717, 1.165) is 31.5 Å². The van der Waals surface area contributed by atoms with Crippen LogP contribution in [-0.4, -0.2) is 33.9 Å². The fraction of sp³-hybridized carbons (Fsp3) is 0.353. The van der Waals surface area contributed by atoms with Crippen LogP contribution in [0.25, 0.3) is 0 Å². The number of carbonyl (C=O) groups excluding carboxylic acids is 1. The number of nitrogens with one attached hydrogen (secondary N) is 1. The van der Waals surface area contributed by atoms with Gasteiger partial charge < -0.3 is 10.2 Å². The van der Waals surface area contributed by atoms with E-state index in [2.05, 4.69) is 15.3 Å². The van der Waals surface area contributed by atoms with E-state index in [4.69, 9.17) is 0 Å². The van der Waals surface area contributed by atoms with Gasteiger partial charge in [-0.2, -0.15) is 13.2 Å². The summed E-state index contributed by atoms with van der Waals surface area (Å²) < 4.78 is 53.4. The molecule has 1 fully saturated rings. The highest BCUT2D eigenvalue weighted by Gasteiger charge is 2.39. The molecule has 1 aliphatic heterocycles. The van der Waals surface area contributed by atoms with Crippen molar-refractivity contribution in [3.63, 3.8) is 0 Å². The monoisotopic (exact) mass is 368 g/mol. The predicted octanol–water partition coefficient (Wildman–Crippen LogP) is 4.00. The second-order valence-electron chi connectivity index (χ2n) is 5.94. The van der Waals surface area contributed by atoms with E-state index < -0.39 is 29.2 Å². The van der Waals surface area contributed by atoms with Gasteiger partial charge >= 0.3 is 6.18 Å². The van der Waals surface area contributed by atoms with Gasteiger partial charge in [0.25, 0.3) is 5.91 Å². The smallest absolute Gasteiger partial charge is 0.339 e. The Labute approximate surface area is 147 Å². The molecule has 3 rings (SSSR count). The molecule has 0 aliphatic carbocycles. The molecular weight excluding hydrogens is 352 g/mol. The molecule has 26 heavy (non-hydrogen) atoms. The van der Waals surface area contributed by atoms with Crippen molar-refractivity contribution in [3.8, 4) is 0 Å². The molecule has 5 nitrogen and oxygen atoms in total. The Bertz CT molecular complexity index is 804. The summed E-state index contributed by atoms with van der Waals surface area (Å²) in [6.45, 7) is 0.832. The van der Waals surface area contributed by atoms with E-state index >= 15 is 0 Å². The maximum Gasteiger partial charge on any atom is 0.434 e. The average molecular weight is 368 g/mol. The Morgan fingerprint density at radius 1 is 1.15 bits per heavy atom. The molecule has 0 saturated carbocycles. The van der Waals surface area contributed by atoms with Gasteiger partial charge in [-0.15, -0.1) is 0 Å². The number of halogens is 4. The van der Waals surface area contributed by atoms with Crippen molar-refractivity contribution in [2.45, 2.75) is 25.4 Å². The molecule has 0 unspecified atom stereocenters. The number of hydrogen-bond acceptors (Lipinski definition) is 4. The van der Waals surface area contributed by atoms with Crippen molar-refractivity contribution in [2.75, 3.05) is 18.4 Å². The zero-order valence-electron chi connectivity index (χ0n) is 13.7. The number of likely N-dealkylation sites (tertiary alicyclic amines) is 1. The summed E-state index contributed by atoms with van der Waals surface area (Å²) >= 11 is 0. The van der Waals surface area contributed by atoms with Crippen LogP contribution in [0.2, 0.25) is 0 Å². The van der Waals surface area contributed by atoms with Crippen LogP contribution in [0.1, 0.15) is 35.3 Å². The lowest BCUT2D eigenvalue weighted by atomic mass is 10.1. The molecule has 1 aromatic carbocycles. The third-order valence-corrected chi connectivity index (χ3v) is 4.01. The number of carbonyl (C=O) groups is 1. The summed E-state index contributed by atoms with van der Waals surface area (Å²) in [5.74, 6) is -1.64. The maximum atomic E-state index is 13.4. The SMILES string of the molecule is O=C(c1cnc(Nc2cccc(F)c2)nc1C(F)(F)F)N1CCCCC1. The van der Waals surface area contributed by atoms with Crippen molar-refractivity contribution in [1.82, 2.24) is 14.9 Å². The van der Waals surface area contributed by atoms with Crippen LogP contribution in [0.15, 0.2) is 30.5 Å². The van der Waals surface area contributed by atoms with Gasteiger partial charge in [0.1, 0.15) is 5.82 Å². The van der Waals surface area contributed by atoms with Gasteiger partial charge in [0, 0.05) is 25.0 Å². The number of piperidine rings is 1. The summed E-state index contributed by atoms with van der Waals surface area (Å²) in [7, 11) is 0. The number of hydrogen-bond donors (Lipinski definition) is 1. The lowest BCUT2D eigenvalue weighted by Gasteiger charge is -2.27. The van der Waals surface area contributed by atoms with Gasteiger partial charge in [-0.1, -0.05) is 6.07 Å². The van der Waals surface area contributed by atoms with Gasteiger partial charge in [-0.05, 0) is 37.5 Å². The topological polar surface area (TPSA) is 58.1 Å². The average Bonchev–Trinajstić information content (AvgIpc) is 2.61. The minimum absolute atomic E-state index is 0.202. The minimum Gasteiger partial charge on any atom is -0.339 e. The van der Waals surface area contributed by atoms with Crippen LogP contribution < -0.4 is 5.32 Å². The van der Waals surface area contributed by atoms with Crippen molar-refractivity contribution >= 4 is 17.5 Å². The number of anilines is 2. The molecule has 1 aliphatic rings. The molecule has 9 heteroatoms. The third-order valence-electron chi connectivity index (χ3n) is 4.01. The normalized spacial score (nSPS) is 15.0. The summed E-state index contributed by atoms with van der Waals surface area (Å²) in [6.07, 6.45) is -1.49. The van der Waals surface area contributed by atoms with Gasteiger partial charge in [0.15, 0.2) is 5.69 Å². The number of amides is 1. The molecule has 0 atom stereocenters. The number of nitrogens with zero attached hydrogens (tertiary/aromatic N) is 3. The number of aromatic nitrogens is 2. The lowest BCUT2D eigenvalue weighted by Crippen LogP contribution is -2.37. The quantitative estimate of drug-likeness (QED) is 0.832. The van der Waals surface area contributed by atoms with Crippen LogP contribution in [0.4, 0.5) is 29.2 Å². The Balaban J connectivity index is 1.92. The van der Waals surface area contributed by atoms with Crippen molar-refractivity contribution in [1.29, 1.82) is 0 Å². The fourth-order valence-corrected chi connectivity index (χ4v) is 2.78. The first-order valence-electron chi connectivity index (χ1n) is 8.11. The van der Waals surface area contributed by atoms with E-state index in [1.54, 1.807) is 0 Å². The highest BCUT2D eigenvalue weighted by molar-refractivity contribution is 5.95. The molecule has 0 radical (unpaired) electrons. The Morgan fingerprint density at radius 2 is 1.88 bits per heavy atom. The summed E-state index contributed by atoms with van der Waals surface area (Å²) in [5, 5.41) is 2.52. The first-order valence-corrected chi connectivity index (χ1v) is 8.11. The molecular formula is C17H16F4N4O. The van der Waals surface area contributed by atoms with E-state index in [0.29, 0.717) is 13.1 Å². The van der Waals surface area contributed by atoms with Gasteiger partial charge in [-0.3, -0.25) is 4.79 Å². The Kier molecular flexibility index (Phi) is 5.06. The minimum atomic E-state index is -4.82. The van der Waals surface area contributed by atoms with Crippen LogP contribution >= 0.6 is 0 Å². The molecule has 138 valence electrons. The fourth-order valence-electron chi connectivity index (χ4n) is 2.78. The lowest BCUT2D eigenvalue weighted by molar-refractivity contribution is -0.141. The predicted molar refractivity (Wildman–Crippen MR) is 86.5 cm³/mol. The summed E-state index contributed by atoms with van der Waals surface area (Å²) in [4.78, 5) is 21.1. The molecule has 1 N–H and O–H groups in total. The Morgan fingerprint density at radius 3 is 2.54 bits per heavy atom. The zero-order chi connectivity index (χ0) is 18.7. The maximum absolute atomic E-state index is 13.4. The first kappa shape index (κ1) is 18.1. The highest BCUT2D eigenvalue weighted by atomic mass is 19.4. The van der Waals surface area contributed by atoms with Crippen molar-refractivity contribution in [3.05, 3.63) is 47.5 Å². The van der Waals surface area contributed by atoms with Crippen LogP contribution in [0, 0.1) is 5.82 Å². The largest absolute Gasteiger partial charge is 0.434 e. The van der Waals surface area contributed by atoms with Gasteiger partial charge in [-0.25, -0.2) is 14.4 Å². The second-order valence-corrected chi connectivity index (χ2v) is 5.94. The number of rotatable bonds is 3. The standard InChI is InChI=1S/C17H16F4N4O/c18-11-5-4-6-12(9-11)23-16-22-10-13(14(24-16)17(19,20)21)15(26)25-7-2-1-3-8-25/h4-6,9-10H,1-3,7-8H2,(H,22,23,24). The summed E-state index contributed by atoms with van der Waals surface area (Å²) in [6, 6.07) is 5.17. The molecule has 1 amide bonds. The zero-order valence-corrected chi connectivity index (χ0v) is 13.7. The summed E-state index contributed by atoms with van der Waals surface area (Å²) in [5.41, 5.74) is -1.68. The molecule has 0 spiro atoms. The van der Waals surface area contributed by atoms with Crippen LogP contribution in [0.5, 0.6) is 0 Å². The van der Waals surface area contributed by atoms with E-state index in [9.17, 15) is 22.4 Å². The van der Waals surface area contributed by atoms with Crippen LogP contribution in [0.3, 0.4) is 0 Å². The van der Waals surface area contributed by atoms with Crippen LogP contribution in [-0.2, 0) is 6.18 Å².